The third-order valence-corrected chi connectivity index (χ3v) is 3.83. The van der Waals surface area contributed by atoms with Crippen molar-refractivity contribution in [3.63, 3.8) is 0 Å². The number of hydrogen-bond donors (Lipinski definition) is 1. The Kier molecular flexibility index (Phi) is 5.20. The molecule has 0 aliphatic carbocycles. The zero-order chi connectivity index (χ0) is 14.5. The van der Waals surface area contributed by atoms with E-state index in [4.69, 9.17) is 0 Å². The molecule has 2 aromatic rings. The smallest absolute Gasteiger partial charge is 0.145 e. The molecule has 106 valence electrons. The molecule has 5 heteroatoms. The Morgan fingerprint density at radius 1 is 1.30 bits per heavy atom. The molecule has 0 spiro atoms. The van der Waals surface area contributed by atoms with Gasteiger partial charge in [0.05, 0.1) is 4.47 Å². The summed E-state index contributed by atoms with van der Waals surface area (Å²) in [5.74, 6) is -1.08. The van der Waals surface area contributed by atoms with E-state index in [0.29, 0.717) is 12.8 Å². The monoisotopic (exact) mass is 340 g/mol. The molecule has 1 unspecified atom stereocenters. The first-order valence-electron chi connectivity index (χ1n) is 6.33. The molecule has 1 N–H and O–H groups in total. The lowest BCUT2D eigenvalue weighted by atomic mass is 9.99. The molecule has 0 radical (unpaired) electrons. The fourth-order valence-electron chi connectivity index (χ4n) is 2.15. The zero-order valence-electron chi connectivity index (χ0n) is 11.0. The summed E-state index contributed by atoms with van der Waals surface area (Å²) >= 11 is 3.09. The van der Waals surface area contributed by atoms with Crippen LogP contribution in [-0.2, 0) is 6.42 Å². The molecule has 20 heavy (non-hydrogen) atoms. The highest BCUT2D eigenvalue weighted by atomic mass is 79.9. The number of benzene rings is 1. The van der Waals surface area contributed by atoms with Crippen LogP contribution in [0.25, 0.3) is 0 Å². The lowest BCUT2D eigenvalue weighted by Crippen LogP contribution is -2.20. The maximum Gasteiger partial charge on any atom is 0.145 e. The van der Waals surface area contributed by atoms with Gasteiger partial charge in [0.1, 0.15) is 11.6 Å². The van der Waals surface area contributed by atoms with Crippen molar-refractivity contribution in [3.8, 4) is 0 Å². The van der Waals surface area contributed by atoms with Crippen LogP contribution in [0.4, 0.5) is 8.78 Å². The van der Waals surface area contributed by atoms with Crippen LogP contribution in [0.2, 0.25) is 0 Å². The summed E-state index contributed by atoms with van der Waals surface area (Å²) in [5, 5.41) is 2.98. The summed E-state index contributed by atoms with van der Waals surface area (Å²) in [6, 6.07) is 6.07. The SMILES string of the molecule is CNC(CCc1cccnc1)c1c(F)ccc(Br)c1F. The highest BCUT2D eigenvalue weighted by Crippen LogP contribution is 2.29. The molecular weight excluding hydrogens is 326 g/mol. The van der Waals surface area contributed by atoms with Crippen LogP contribution >= 0.6 is 15.9 Å². The number of pyridine rings is 1. The number of halogens is 3. The predicted molar refractivity (Wildman–Crippen MR) is 78.4 cm³/mol. The largest absolute Gasteiger partial charge is 0.313 e. The number of nitrogens with zero attached hydrogens (tertiary/aromatic N) is 1. The number of rotatable bonds is 5. The molecule has 2 rings (SSSR count). The molecule has 0 amide bonds. The van der Waals surface area contributed by atoms with Crippen LogP contribution in [-0.4, -0.2) is 12.0 Å². The average molecular weight is 341 g/mol. The van der Waals surface area contributed by atoms with Crippen LogP contribution in [0, 0.1) is 11.6 Å². The van der Waals surface area contributed by atoms with Crippen molar-refractivity contribution < 1.29 is 8.78 Å². The van der Waals surface area contributed by atoms with Crippen molar-refractivity contribution in [1.29, 1.82) is 0 Å². The van der Waals surface area contributed by atoms with Gasteiger partial charge in [-0.05, 0) is 59.6 Å². The molecule has 1 atom stereocenters. The summed E-state index contributed by atoms with van der Waals surface area (Å²) in [4.78, 5) is 4.03. The van der Waals surface area contributed by atoms with Gasteiger partial charge in [-0.1, -0.05) is 6.07 Å². The zero-order valence-corrected chi connectivity index (χ0v) is 12.6. The van der Waals surface area contributed by atoms with Gasteiger partial charge in [0.15, 0.2) is 0 Å². The van der Waals surface area contributed by atoms with Crippen LogP contribution in [0.5, 0.6) is 0 Å². The summed E-state index contributed by atoms with van der Waals surface area (Å²) in [5.41, 5.74) is 1.12. The standard InChI is InChI=1S/C15H15BrF2N2/c1-19-13(7-4-10-3-2-8-20-9-10)14-12(17)6-5-11(16)15(14)18/h2-3,5-6,8-9,13,19H,4,7H2,1H3. The molecule has 0 fully saturated rings. The van der Waals surface area contributed by atoms with Crippen molar-refractivity contribution in [2.75, 3.05) is 7.05 Å². The van der Waals surface area contributed by atoms with Crippen LogP contribution in [0.3, 0.4) is 0 Å². The van der Waals surface area contributed by atoms with E-state index in [9.17, 15) is 8.78 Å². The lowest BCUT2D eigenvalue weighted by molar-refractivity contribution is 0.469. The Morgan fingerprint density at radius 2 is 2.10 bits per heavy atom. The number of hydrogen-bond acceptors (Lipinski definition) is 2. The quantitative estimate of drug-likeness (QED) is 0.831. The van der Waals surface area contributed by atoms with E-state index in [1.165, 1.54) is 12.1 Å². The number of aryl methyl sites for hydroxylation is 1. The minimum atomic E-state index is -0.546. The summed E-state index contributed by atoms with van der Waals surface area (Å²) in [7, 11) is 1.70. The topological polar surface area (TPSA) is 24.9 Å². The van der Waals surface area contributed by atoms with E-state index in [1.807, 2.05) is 12.1 Å². The first-order chi connectivity index (χ1) is 9.63. The summed E-state index contributed by atoms with van der Waals surface area (Å²) in [6.07, 6.45) is 4.75. The Hall–Kier alpha value is -1.33. The average Bonchev–Trinajstić information content (AvgIpc) is 2.47. The fourth-order valence-corrected chi connectivity index (χ4v) is 2.50. The molecule has 0 aliphatic rings. The van der Waals surface area contributed by atoms with Gasteiger partial charge < -0.3 is 5.32 Å². The van der Waals surface area contributed by atoms with Crippen molar-refractivity contribution in [3.05, 3.63) is 63.9 Å². The fraction of sp³-hybridized carbons (Fsp3) is 0.267. The van der Waals surface area contributed by atoms with E-state index in [1.54, 1.807) is 19.4 Å². The van der Waals surface area contributed by atoms with E-state index in [0.717, 1.165) is 5.56 Å². The van der Waals surface area contributed by atoms with Gasteiger partial charge in [-0.25, -0.2) is 8.78 Å². The van der Waals surface area contributed by atoms with E-state index >= 15 is 0 Å². The van der Waals surface area contributed by atoms with Crippen molar-refractivity contribution in [2.24, 2.45) is 0 Å². The molecule has 0 bridgehead atoms. The minimum absolute atomic E-state index is 0.0748. The Bertz CT molecular complexity index is 576. The van der Waals surface area contributed by atoms with Crippen LogP contribution < -0.4 is 5.32 Å². The highest BCUT2D eigenvalue weighted by molar-refractivity contribution is 9.10. The van der Waals surface area contributed by atoms with E-state index in [-0.39, 0.29) is 16.1 Å². The maximum atomic E-state index is 14.1. The molecule has 2 nitrogen and oxygen atoms in total. The first kappa shape index (κ1) is 15.1. The van der Waals surface area contributed by atoms with Crippen molar-refractivity contribution >= 4 is 15.9 Å². The summed E-state index contributed by atoms with van der Waals surface area (Å²) in [6.45, 7) is 0. The van der Waals surface area contributed by atoms with E-state index in [2.05, 4.69) is 26.2 Å². The molecule has 0 saturated carbocycles. The van der Waals surface area contributed by atoms with E-state index < -0.39 is 11.6 Å². The maximum absolute atomic E-state index is 14.1. The molecular formula is C15H15BrF2N2. The molecule has 1 aromatic heterocycles. The van der Waals surface area contributed by atoms with Crippen LogP contribution in [0.15, 0.2) is 41.1 Å². The van der Waals surface area contributed by atoms with Gasteiger partial charge in [0.25, 0.3) is 0 Å². The molecule has 1 aromatic carbocycles. The van der Waals surface area contributed by atoms with Gasteiger partial charge in [-0.3, -0.25) is 4.98 Å². The lowest BCUT2D eigenvalue weighted by Gasteiger charge is -2.18. The molecule has 1 heterocycles. The van der Waals surface area contributed by atoms with Crippen molar-refractivity contribution in [1.82, 2.24) is 10.3 Å². The van der Waals surface area contributed by atoms with Gasteiger partial charge in [0, 0.05) is 24.0 Å². The Balaban J connectivity index is 2.19. The third kappa shape index (κ3) is 3.41. The highest BCUT2D eigenvalue weighted by Gasteiger charge is 2.20. The second-order valence-corrected chi connectivity index (χ2v) is 5.35. The van der Waals surface area contributed by atoms with Gasteiger partial charge in [-0.15, -0.1) is 0 Å². The summed E-state index contributed by atoms with van der Waals surface area (Å²) < 4.78 is 28.2. The predicted octanol–water partition coefficient (Wildman–Crippen LogP) is 4.02. The number of aromatic nitrogens is 1. The van der Waals surface area contributed by atoms with Gasteiger partial charge >= 0.3 is 0 Å². The normalized spacial score (nSPS) is 12.4. The number of nitrogens with one attached hydrogen (secondary N) is 1. The first-order valence-corrected chi connectivity index (χ1v) is 7.12. The van der Waals surface area contributed by atoms with Gasteiger partial charge in [0.2, 0.25) is 0 Å². The van der Waals surface area contributed by atoms with Gasteiger partial charge in [-0.2, -0.15) is 0 Å². The second-order valence-electron chi connectivity index (χ2n) is 4.50. The Morgan fingerprint density at radius 3 is 2.75 bits per heavy atom. The Labute approximate surface area is 125 Å². The molecule has 0 saturated heterocycles. The molecule has 0 aliphatic heterocycles. The second kappa shape index (κ2) is 6.90. The third-order valence-electron chi connectivity index (χ3n) is 3.22. The minimum Gasteiger partial charge on any atom is -0.313 e. The van der Waals surface area contributed by atoms with Crippen molar-refractivity contribution in [2.45, 2.75) is 18.9 Å². The van der Waals surface area contributed by atoms with Crippen LogP contribution in [0.1, 0.15) is 23.6 Å².